The number of halogens is 1. The van der Waals surface area contributed by atoms with Gasteiger partial charge in [-0.3, -0.25) is 9.78 Å². The minimum absolute atomic E-state index is 0.0473. The molecule has 0 aliphatic carbocycles. The Hall–Kier alpha value is -1.61. The van der Waals surface area contributed by atoms with E-state index in [1.807, 2.05) is 30.3 Å². The van der Waals surface area contributed by atoms with Gasteiger partial charge in [-0.25, -0.2) is 0 Å². The highest BCUT2D eigenvalue weighted by Gasteiger charge is 2.13. The molecule has 0 fully saturated rings. The molecule has 0 saturated carbocycles. The fourth-order valence-corrected chi connectivity index (χ4v) is 2.62. The van der Waals surface area contributed by atoms with Crippen molar-refractivity contribution in [2.75, 3.05) is 6.54 Å². The fraction of sp³-hybridized carbons (Fsp3) is 0.375. The molecule has 20 heavy (non-hydrogen) atoms. The van der Waals surface area contributed by atoms with Crippen LogP contribution >= 0.6 is 11.6 Å². The summed E-state index contributed by atoms with van der Waals surface area (Å²) in [4.78, 5) is 16.4. The van der Waals surface area contributed by atoms with E-state index in [-0.39, 0.29) is 11.3 Å². The zero-order valence-corrected chi connectivity index (χ0v) is 12.5. The van der Waals surface area contributed by atoms with E-state index >= 15 is 0 Å². The maximum absolute atomic E-state index is 12.2. The summed E-state index contributed by atoms with van der Waals surface area (Å²) in [6.07, 6.45) is 2.54. The highest BCUT2D eigenvalue weighted by Crippen LogP contribution is 2.16. The van der Waals surface area contributed by atoms with Crippen LogP contribution in [0.5, 0.6) is 0 Å². The zero-order chi connectivity index (χ0) is 14.5. The normalized spacial score (nSPS) is 12.6. The largest absolute Gasteiger partial charge is 0.349 e. The second-order valence-electron chi connectivity index (χ2n) is 5.32. The number of carbonyl (C=O) groups excluding carboxylic acids is 1. The summed E-state index contributed by atoms with van der Waals surface area (Å²) in [5.41, 5.74) is 0.455. The standard InChI is InChI=1S/C16H19ClN2O/c1-11(2)9-13(17)10-19-16(20)15-14-6-4-3-5-12(14)7-8-18-15/h3-8,11,13H,9-10H2,1-2H3,(H,19,20). The van der Waals surface area contributed by atoms with Crippen LogP contribution in [0.25, 0.3) is 10.8 Å². The van der Waals surface area contributed by atoms with Crippen LogP contribution in [0.3, 0.4) is 0 Å². The molecule has 1 amide bonds. The highest BCUT2D eigenvalue weighted by molar-refractivity contribution is 6.21. The van der Waals surface area contributed by atoms with E-state index in [0.717, 1.165) is 17.2 Å². The molecule has 2 aromatic rings. The third-order valence-electron chi connectivity index (χ3n) is 3.10. The van der Waals surface area contributed by atoms with Crippen LogP contribution in [-0.2, 0) is 0 Å². The lowest BCUT2D eigenvalue weighted by Crippen LogP contribution is -2.31. The van der Waals surface area contributed by atoms with E-state index in [0.29, 0.717) is 18.2 Å². The molecule has 0 spiro atoms. The Morgan fingerprint density at radius 3 is 2.80 bits per heavy atom. The molecular weight excluding hydrogens is 272 g/mol. The van der Waals surface area contributed by atoms with Gasteiger partial charge in [0.2, 0.25) is 0 Å². The third kappa shape index (κ3) is 3.70. The lowest BCUT2D eigenvalue weighted by atomic mass is 10.1. The lowest BCUT2D eigenvalue weighted by Gasteiger charge is -2.13. The summed E-state index contributed by atoms with van der Waals surface area (Å²) in [5.74, 6) is 0.348. The lowest BCUT2D eigenvalue weighted by molar-refractivity contribution is 0.0950. The van der Waals surface area contributed by atoms with Crippen LogP contribution in [0.4, 0.5) is 0 Å². The van der Waals surface area contributed by atoms with Gasteiger partial charge in [-0.15, -0.1) is 11.6 Å². The van der Waals surface area contributed by atoms with E-state index in [1.54, 1.807) is 6.20 Å². The number of amides is 1. The molecule has 0 radical (unpaired) electrons. The number of nitrogens with one attached hydrogen (secondary N) is 1. The molecule has 1 aromatic carbocycles. The molecule has 0 aliphatic heterocycles. The molecule has 3 nitrogen and oxygen atoms in total. The van der Waals surface area contributed by atoms with E-state index in [1.165, 1.54) is 0 Å². The Balaban J connectivity index is 2.08. The quantitative estimate of drug-likeness (QED) is 0.855. The van der Waals surface area contributed by atoms with E-state index in [2.05, 4.69) is 24.1 Å². The van der Waals surface area contributed by atoms with Crippen molar-refractivity contribution in [3.05, 3.63) is 42.2 Å². The number of nitrogens with zero attached hydrogens (tertiary/aromatic N) is 1. The van der Waals surface area contributed by atoms with Gasteiger partial charge < -0.3 is 5.32 Å². The van der Waals surface area contributed by atoms with Crippen LogP contribution in [0.1, 0.15) is 30.8 Å². The number of benzene rings is 1. The molecule has 2 rings (SSSR count). The Morgan fingerprint density at radius 2 is 2.05 bits per heavy atom. The number of alkyl halides is 1. The van der Waals surface area contributed by atoms with Crippen molar-refractivity contribution >= 4 is 28.3 Å². The molecule has 4 heteroatoms. The van der Waals surface area contributed by atoms with Gasteiger partial charge in [0.05, 0.1) is 5.38 Å². The molecule has 0 saturated heterocycles. The molecule has 0 aliphatic rings. The average molecular weight is 291 g/mol. The predicted octanol–water partition coefficient (Wildman–Crippen LogP) is 3.62. The van der Waals surface area contributed by atoms with Crippen molar-refractivity contribution in [1.29, 1.82) is 0 Å². The van der Waals surface area contributed by atoms with E-state index in [9.17, 15) is 4.79 Å². The first kappa shape index (κ1) is 14.8. The van der Waals surface area contributed by atoms with E-state index < -0.39 is 0 Å². The maximum Gasteiger partial charge on any atom is 0.270 e. The van der Waals surface area contributed by atoms with Gasteiger partial charge in [0.1, 0.15) is 5.69 Å². The average Bonchev–Trinajstić information content (AvgIpc) is 2.43. The van der Waals surface area contributed by atoms with Crippen LogP contribution in [0.15, 0.2) is 36.5 Å². The van der Waals surface area contributed by atoms with Gasteiger partial charge >= 0.3 is 0 Å². The van der Waals surface area contributed by atoms with Crippen LogP contribution < -0.4 is 5.32 Å². The number of hydrogen-bond donors (Lipinski definition) is 1. The summed E-state index contributed by atoms with van der Waals surface area (Å²) < 4.78 is 0. The van der Waals surface area contributed by atoms with Gasteiger partial charge in [0.15, 0.2) is 0 Å². The maximum atomic E-state index is 12.2. The zero-order valence-electron chi connectivity index (χ0n) is 11.8. The van der Waals surface area contributed by atoms with Crippen molar-refractivity contribution in [2.24, 2.45) is 5.92 Å². The number of carbonyl (C=O) groups is 1. The summed E-state index contributed by atoms with van der Waals surface area (Å²) in [7, 11) is 0. The summed E-state index contributed by atoms with van der Waals surface area (Å²) >= 11 is 6.19. The summed E-state index contributed by atoms with van der Waals surface area (Å²) in [5, 5.41) is 4.69. The smallest absolute Gasteiger partial charge is 0.270 e. The van der Waals surface area contributed by atoms with Crippen molar-refractivity contribution in [2.45, 2.75) is 25.6 Å². The molecular formula is C16H19ClN2O. The van der Waals surface area contributed by atoms with Gasteiger partial charge in [-0.05, 0) is 23.8 Å². The third-order valence-corrected chi connectivity index (χ3v) is 3.43. The molecule has 1 unspecified atom stereocenters. The molecule has 1 aromatic heterocycles. The fourth-order valence-electron chi connectivity index (χ4n) is 2.18. The predicted molar refractivity (Wildman–Crippen MR) is 83.2 cm³/mol. The van der Waals surface area contributed by atoms with Gasteiger partial charge in [0.25, 0.3) is 5.91 Å². The molecule has 1 heterocycles. The van der Waals surface area contributed by atoms with Gasteiger partial charge in [-0.1, -0.05) is 38.1 Å². The first-order valence-corrected chi connectivity index (χ1v) is 7.27. The second kappa shape index (κ2) is 6.71. The monoisotopic (exact) mass is 290 g/mol. The van der Waals surface area contributed by atoms with Gasteiger partial charge in [-0.2, -0.15) is 0 Å². The first-order chi connectivity index (χ1) is 9.58. The van der Waals surface area contributed by atoms with Crippen molar-refractivity contribution < 1.29 is 4.79 Å². The summed E-state index contributed by atoms with van der Waals surface area (Å²) in [6, 6.07) is 9.63. The minimum Gasteiger partial charge on any atom is -0.349 e. The number of pyridine rings is 1. The van der Waals surface area contributed by atoms with Gasteiger partial charge in [0, 0.05) is 18.1 Å². The number of aromatic nitrogens is 1. The topological polar surface area (TPSA) is 42.0 Å². The van der Waals surface area contributed by atoms with Crippen LogP contribution in [0.2, 0.25) is 0 Å². The number of rotatable bonds is 5. The first-order valence-electron chi connectivity index (χ1n) is 6.84. The van der Waals surface area contributed by atoms with Crippen molar-refractivity contribution in [3.63, 3.8) is 0 Å². The van der Waals surface area contributed by atoms with Crippen LogP contribution in [0, 0.1) is 5.92 Å². The number of hydrogen-bond acceptors (Lipinski definition) is 2. The summed E-state index contributed by atoms with van der Waals surface area (Å²) in [6.45, 7) is 4.69. The SMILES string of the molecule is CC(C)CC(Cl)CNC(=O)c1nccc2ccccc12. The van der Waals surface area contributed by atoms with E-state index in [4.69, 9.17) is 11.6 Å². The van der Waals surface area contributed by atoms with Crippen molar-refractivity contribution in [1.82, 2.24) is 10.3 Å². The van der Waals surface area contributed by atoms with Crippen molar-refractivity contribution in [3.8, 4) is 0 Å². The second-order valence-corrected chi connectivity index (χ2v) is 5.93. The Kier molecular flexibility index (Phi) is 4.96. The molecule has 106 valence electrons. The minimum atomic E-state index is -0.170. The van der Waals surface area contributed by atoms with Crippen LogP contribution in [-0.4, -0.2) is 22.8 Å². The Labute approximate surface area is 124 Å². The molecule has 1 N–H and O–H groups in total. The molecule has 0 bridgehead atoms. The highest BCUT2D eigenvalue weighted by atomic mass is 35.5. The molecule has 1 atom stereocenters. The number of fused-ring (bicyclic) bond motifs is 1. The Morgan fingerprint density at radius 1 is 1.30 bits per heavy atom. The Bertz CT molecular complexity index is 593.